The Kier molecular flexibility index (Phi) is 3.09. The van der Waals surface area contributed by atoms with Crippen molar-refractivity contribution < 1.29 is 4.74 Å². The Hall–Kier alpha value is -1.56. The van der Waals surface area contributed by atoms with Gasteiger partial charge in [0.25, 0.3) is 0 Å². The van der Waals surface area contributed by atoms with Crippen LogP contribution in [-0.2, 0) is 0 Å². The van der Waals surface area contributed by atoms with Crippen LogP contribution < -0.4 is 4.74 Å². The Morgan fingerprint density at radius 3 is 2.81 bits per heavy atom. The van der Waals surface area contributed by atoms with Gasteiger partial charge in [0.2, 0.25) is 5.88 Å². The van der Waals surface area contributed by atoms with Crippen LogP contribution in [0, 0.1) is 11.3 Å². The standard InChI is InChI=1S/C13H16N2O/c1-13(7-3-2-4-8-13)16-12-11(10-14)6-5-9-15-12/h5-6,9H,2-4,7-8H2,1H3. The summed E-state index contributed by atoms with van der Waals surface area (Å²) in [4.78, 5) is 4.14. The first-order valence-electron chi connectivity index (χ1n) is 5.78. The third-order valence-corrected chi connectivity index (χ3v) is 3.15. The normalized spacial score (nSPS) is 18.8. The van der Waals surface area contributed by atoms with Crippen molar-refractivity contribution in [3.63, 3.8) is 0 Å². The van der Waals surface area contributed by atoms with E-state index in [4.69, 9.17) is 10.00 Å². The maximum atomic E-state index is 8.96. The molecule has 0 unspecified atom stereocenters. The van der Waals surface area contributed by atoms with Crippen LogP contribution >= 0.6 is 0 Å². The molecule has 0 spiro atoms. The molecule has 1 aromatic rings. The molecule has 0 aromatic carbocycles. The lowest BCUT2D eigenvalue weighted by molar-refractivity contribution is 0.0438. The van der Waals surface area contributed by atoms with Crippen LogP contribution in [0.2, 0.25) is 0 Å². The van der Waals surface area contributed by atoms with Crippen LogP contribution in [0.5, 0.6) is 5.88 Å². The van der Waals surface area contributed by atoms with E-state index < -0.39 is 0 Å². The number of hydrogen-bond acceptors (Lipinski definition) is 3. The van der Waals surface area contributed by atoms with E-state index in [1.165, 1.54) is 19.3 Å². The van der Waals surface area contributed by atoms with Crippen molar-refractivity contribution in [3.05, 3.63) is 23.9 Å². The van der Waals surface area contributed by atoms with E-state index in [0.29, 0.717) is 11.4 Å². The average Bonchev–Trinajstić information content (AvgIpc) is 2.30. The molecule has 3 nitrogen and oxygen atoms in total. The summed E-state index contributed by atoms with van der Waals surface area (Å²) < 4.78 is 5.93. The molecule has 1 aliphatic carbocycles. The largest absolute Gasteiger partial charge is 0.470 e. The van der Waals surface area contributed by atoms with Crippen molar-refractivity contribution >= 4 is 0 Å². The Morgan fingerprint density at radius 1 is 1.38 bits per heavy atom. The maximum Gasteiger partial charge on any atom is 0.232 e. The van der Waals surface area contributed by atoms with Gasteiger partial charge in [-0.2, -0.15) is 5.26 Å². The average molecular weight is 216 g/mol. The van der Waals surface area contributed by atoms with E-state index in [0.717, 1.165) is 12.8 Å². The van der Waals surface area contributed by atoms with Gasteiger partial charge >= 0.3 is 0 Å². The van der Waals surface area contributed by atoms with Gasteiger partial charge in [0.15, 0.2) is 0 Å². The summed E-state index contributed by atoms with van der Waals surface area (Å²) in [6.45, 7) is 2.11. The van der Waals surface area contributed by atoms with Crippen LogP contribution in [0.1, 0.15) is 44.6 Å². The fourth-order valence-electron chi connectivity index (χ4n) is 2.19. The van der Waals surface area contributed by atoms with E-state index in [2.05, 4.69) is 18.0 Å². The predicted molar refractivity (Wildman–Crippen MR) is 61.1 cm³/mol. The minimum Gasteiger partial charge on any atom is -0.470 e. The zero-order valence-electron chi connectivity index (χ0n) is 9.57. The minimum atomic E-state index is -0.141. The lowest BCUT2D eigenvalue weighted by atomic mass is 9.86. The Balaban J connectivity index is 2.16. The van der Waals surface area contributed by atoms with E-state index in [1.807, 2.05) is 0 Å². The lowest BCUT2D eigenvalue weighted by Crippen LogP contribution is -2.35. The van der Waals surface area contributed by atoms with Crippen LogP contribution in [0.25, 0.3) is 0 Å². The molecule has 16 heavy (non-hydrogen) atoms. The first-order chi connectivity index (χ1) is 7.73. The molecule has 0 radical (unpaired) electrons. The maximum absolute atomic E-state index is 8.96. The molecule has 0 saturated heterocycles. The Morgan fingerprint density at radius 2 is 2.12 bits per heavy atom. The molecule has 1 saturated carbocycles. The molecule has 0 atom stereocenters. The highest BCUT2D eigenvalue weighted by Crippen LogP contribution is 2.32. The molecular formula is C13H16N2O. The molecular weight excluding hydrogens is 200 g/mol. The third kappa shape index (κ3) is 2.33. The second kappa shape index (κ2) is 4.52. The molecule has 0 amide bonds. The molecule has 1 aromatic heterocycles. The molecule has 0 aliphatic heterocycles. The number of nitriles is 1. The highest BCUT2D eigenvalue weighted by Gasteiger charge is 2.29. The highest BCUT2D eigenvalue weighted by molar-refractivity contribution is 5.37. The number of ether oxygens (including phenoxy) is 1. The number of aromatic nitrogens is 1. The summed E-state index contributed by atoms with van der Waals surface area (Å²) in [6, 6.07) is 5.62. The second-order valence-electron chi connectivity index (χ2n) is 4.58. The van der Waals surface area contributed by atoms with Gasteiger partial charge in [-0.25, -0.2) is 4.98 Å². The van der Waals surface area contributed by atoms with Gasteiger partial charge < -0.3 is 4.74 Å². The fraction of sp³-hybridized carbons (Fsp3) is 0.538. The number of pyridine rings is 1. The molecule has 2 rings (SSSR count). The number of rotatable bonds is 2. The van der Waals surface area contributed by atoms with Gasteiger partial charge in [-0.05, 0) is 44.7 Å². The van der Waals surface area contributed by atoms with Crippen LogP contribution in [0.4, 0.5) is 0 Å². The van der Waals surface area contributed by atoms with Gasteiger partial charge in [-0.3, -0.25) is 0 Å². The quantitative estimate of drug-likeness (QED) is 0.763. The Bertz CT molecular complexity index is 403. The van der Waals surface area contributed by atoms with Crippen LogP contribution in [-0.4, -0.2) is 10.6 Å². The summed E-state index contributed by atoms with van der Waals surface area (Å²) in [5, 5.41) is 8.96. The van der Waals surface area contributed by atoms with Gasteiger partial charge in [0.1, 0.15) is 17.2 Å². The van der Waals surface area contributed by atoms with E-state index >= 15 is 0 Å². The number of nitrogens with zero attached hydrogens (tertiary/aromatic N) is 2. The fourth-order valence-corrected chi connectivity index (χ4v) is 2.19. The summed E-state index contributed by atoms with van der Waals surface area (Å²) >= 11 is 0. The van der Waals surface area contributed by atoms with Crippen molar-refractivity contribution in [1.29, 1.82) is 5.26 Å². The van der Waals surface area contributed by atoms with Gasteiger partial charge in [-0.1, -0.05) is 6.42 Å². The van der Waals surface area contributed by atoms with Crippen molar-refractivity contribution in [2.24, 2.45) is 0 Å². The smallest absolute Gasteiger partial charge is 0.232 e. The van der Waals surface area contributed by atoms with E-state index in [-0.39, 0.29) is 5.60 Å². The first kappa shape index (κ1) is 10.9. The molecule has 0 bridgehead atoms. The van der Waals surface area contributed by atoms with Gasteiger partial charge in [0.05, 0.1) is 0 Å². The number of hydrogen-bond donors (Lipinski definition) is 0. The van der Waals surface area contributed by atoms with E-state index in [9.17, 15) is 0 Å². The summed E-state index contributed by atoms with van der Waals surface area (Å²) in [5.41, 5.74) is 0.382. The van der Waals surface area contributed by atoms with Crippen molar-refractivity contribution in [3.8, 4) is 11.9 Å². The molecule has 1 fully saturated rings. The molecule has 84 valence electrons. The zero-order chi connectivity index (χ0) is 11.4. The van der Waals surface area contributed by atoms with Crippen molar-refractivity contribution in [1.82, 2.24) is 4.98 Å². The zero-order valence-corrected chi connectivity index (χ0v) is 9.57. The summed E-state index contributed by atoms with van der Waals surface area (Å²) in [5.74, 6) is 0.481. The second-order valence-corrected chi connectivity index (χ2v) is 4.58. The monoisotopic (exact) mass is 216 g/mol. The summed E-state index contributed by atoms with van der Waals surface area (Å²) in [7, 11) is 0. The van der Waals surface area contributed by atoms with Crippen LogP contribution in [0.3, 0.4) is 0 Å². The third-order valence-electron chi connectivity index (χ3n) is 3.15. The SMILES string of the molecule is CC1(Oc2ncccc2C#N)CCCCC1. The lowest BCUT2D eigenvalue weighted by Gasteiger charge is -2.33. The van der Waals surface area contributed by atoms with Crippen molar-refractivity contribution in [2.75, 3.05) is 0 Å². The topological polar surface area (TPSA) is 45.9 Å². The minimum absolute atomic E-state index is 0.141. The van der Waals surface area contributed by atoms with Gasteiger partial charge in [0, 0.05) is 6.20 Å². The molecule has 1 heterocycles. The molecule has 0 N–H and O–H groups in total. The van der Waals surface area contributed by atoms with Gasteiger partial charge in [-0.15, -0.1) is 0 Å². The Labute approximate surface area is 96.1 Å². The van der Waals surface area contributed by atoms with Crippen molar-refractivity contribution in [2.45, 2.75) is 44.6 Å². The van der Waals surface area contributed by atoms with Crippen LogP contribution in [0.15, 0.2) is 18.3 Å². The molecule has 3 heteroatoms. The van der Waals surface area contributed by atoms with E-state index in [1.54, 1.807) is 18.3 Å². The first-order valence-corrected chi connectivity index (χ1v) is 5.78. The highest BCUT2D eigenvalue weighted by atomic mass is 16.5. The predicted octanol–water partition coefficient (Wildman–Crippen LogP) is 3.05. The molecule has 1 aliphatic rings. The summed E-state index contributed by atoms with van der Waals surface area (Å²) in [6.07, 6.45) is 7.45.